The predicted molar refractivity (Wildman–Crippen MR) is 231 cm³/mol. The minimum atomic E-state index is -2.71. The van der Waals surface area contributed by atoms with E-state index in [2.05, 4.69) is 91.8 Å². The zero-order valence-corrected chi connectivity index (χ0v) is 36.0. The monoisotopic (exact) mass is 725 g/mol. The van der Waals surface area contributed by atoms with E-state index in [4.69, 9.17) is 13.7 Å². The van der Waals surface area contributed by atoms with Gasteiger partial charge in [-0.1, -0.05) is 13.8 Å². The topological polar surface area (TPSA) is 27.7 Å². The molecule has 3 nitrogen and oxygen atoms in total. The van der Waals surface area contributed by atoms with Gasteiger partial charge in [0, 0.05) is 0 Å². The first-order valence-electron chi connectivity index (χ1n) is 22.0. The van der Waals surface area contributed by atoms with Crippen LogP contribution in [0.25, 0.3) is 0 Å². The Morgan fingerprint density at radius 1 is 0.431 bits per heavy atom. The van der Waals surface area contributed by atoms with Crippen molar-refractivity contribution >= 4 is 14.2 Å². The Bertz CT molecular complexity index is 1070. The van der Waals surface area contributed by atoms with Crippen molar-refractivity contribution in [2.24, 2.45) is 0 Å². The molecule has 0 aliphatic heterocycles. The molecule has 0 saturated heterocycles. The summed E-state index contributed by atoms with van der Waals surface area (Å²) in [5.41, 5.74) is 5.17. The quantitative estimate of drug-likeness (QED) is 0.0427. The summed E-state index contributed by atoms with van der Waals surface area (Å²) >= 11 is 0. The van der Waals surface area contributed by atoms with Crippen LogP contribution in [0, 0.1) is 13.8 Å². The molecule has 0 heterocycles. The second kappa shape index (κ2) is 26.3. The van der Waals surface area contributed by atoms with Gasteiger partial charge in [0.2, 0.25) is 0 Å². The van der Waals surface area contributed by atoms with Crippen molar-refractivity contribution in [3.8, 4) is 11.5 Å². The van der Waals surface area contributed by atoms with Crippen LogP contribution < -0.4 is 9.31 Å². The summed E-state index contributed by atoms with van der Waals surface area (Å²) in [6, 6.07) is 13.5. The van der Waals surface area contributed by atoms with Crippen LogP contribution >= 0.6 is 6.83 Å². The van der Waals surface area contributed by atoms with Crippen LogP contribution in [-0.4, -0.2) is 32.0 Å². The Labute approximate surface area is 318 Å². The van der Waals surface area contributed by atoms with E-state index in [9.17, 15) is 0 Å². The third kappa shape index (κ3) is 17.0. The first-order valence-corrected chi connectivity index (χ1v) is 24.9. The predicted octanol–water partition coefficient (Wildman–Crippen LogP) is 15.2. The Hall–Kier alpha value is -1.51. The molecule has 0 N–H and O–H groups in total. The van der Waals surface area contributed by atoms with Gasteiger partial charge < -0.3 is 0 Å². The second-order valence-corrected chi connectivity index (χ2v) is 21.8. The van der Waals surface area contributed by atoms with Crippen molar-refractivity contribution in [1.82, 2.24) is 0 Å². The van der Waals surface area contributed by atoms with Gasteiger partial charge in [-0.15, -0.1) is 0 Å². The van der Waals surface area contributed by atoms with E-state index in [0.29, 0.717) is 0 Å². The third-order valence-electron chi connectivity index (χ3n) is 11.2. The molecule has 0 fully saturated rings. The maximum atomic E-state index is 7.84. The molecule has 292 valence electrons. The molecule has 2 aromatic carbocycles. The van der Waals surface area contributed by atoms with E-state index >= 15 is 0 Å². The van der Waals surface area contributed by atoms with Crippen molar-refractivity contribution in [3.05, 3.63) is 58.7 Å². The maximum absolute atomic E-state index is 7.84. The van der Waals surface area contributed by atoms with Crippen molar-refractivity contribution in [2.45, 2.75) is 197 Å². The third-order valence-corrected chi connectivity index (χ3v) is 17.7. The van der Waals surface area contributed by atoms with Crippen molar-refractivity contribution < 1.29 is 13.7 Å². The van der Waals surface area contributed by atoms with E-state index in [1.54, 1.807) is 0 Å². The van der Waals surface area contributed by atoms with Gasteiger partial charge in [-0.2, -0.15) is 0 Å². The SMILES string of the molecule is CCCCCCCCc1cc(C)ccc1OB(Oc1ccc(C)cc1CCCCCCCC)OP(CCCC)(CCCC)(CCCC)CCCC. The van der Waals surface area contributed by atoms with Crippen LogP contribution in [-0.2, 0) is 17.3 Å². The molecule has 0 saturated carbocycles. The zero-order chi connectivity index (χ0) is 37.2. The molecule has 2 rings (SSSR count). The molecule has 0 bridgehead atoms. The molecule has 0 radical (unpaired) electrons. The number of hydrogen-bond donors (Lipinski definition) is 0. The summed E-state index contributed by atoms with van der Waals surface area (Å²) in [7, 11) is -0.762. The fraction of sp³-hybridized carbons (Fsp3) is 0.739. The molecule has 0 amide bonds. The van der Waals surface area contributed by atoms with Crippen LogP contribution in [0.5, 0.6) is 11.5 Å². The van der Waals surface area contributed by atoms with Crippen LogP contribution in [0.15, 0.2) is 36.4 Å². The Morgan fingerprint density at radius 2 is 0.765 bits per heavy atom. The molecular weight excluding hydrogens is 642 g/mol. The molecule has 0 unspecified atom stereocenters. The normalized spacial score (nSPS) is 12.5. The van der Waals surface area contributed by atoms with Crippen molar-refractivity contribution in [2.75, 3.05) is 24.6 Å². The van der Waals surface area contributed by atoms with E-state index in [1.165, 1.54) is 175 Å². The molecule has 51 heavy (non-hydrogen) atoms. The standard InChI is InChI=1S/C46H82BO3P/c1-9-15-21-23-25-27-29-43-39-41(7)31-33-45(43)48-47(49-46-34-32-42(8)40-44(46)30-28-26-24-22-16-10-2)50-51(35-17-11-3,36-18-12-4,37-19-13-5)38-20-14-6/h31-34,39-40H,9-30,35-38H2,1-8H3. The average molecular weight is 725 g/mol. The van der Waals surface area contributed by atoms with Gasteiger partial charge in [0.1, 0.15) is 0 Å². The Kier molecular flexibility index (Phi) is 23.5. The average Bonchev–Trinajstić information content (AvgIpc) is 3.13. The number of hydrogen-bond acceptors (Lipinski definition) is 3. The summed E-state index contributed by atoms with van der Waals surface area (Å²) in [5, 5.41) is 0. The van der Waals surface area contributed by atoms with Crippen LogP contribution in [0.3, 0.4) is 0 Å². The Morgan fingerprint density at radius 3 is 1.12 bits per heavy atom. The first kappa shape index (κ1) is 45.7. The summed E-state index contributed by atoms with van der Waals surface area (Å²) in [6.07, 6.45) is 31.9. The number of unbranched alkanes of at least 4 members (excludes halogenated alkanes) is 14. The van der Waals surface area contributed by atoms with E-state index in [-0.39, 0.29) is 0 Å². The molecule has 0 spiro atoms. The molecule has 0 aromatic heterocycles. The Balaban J connectivity index is 2.59. The molecule has 0 aliphatic rings. The van der Waals surface area contributed by atoms with Crippen molar-refractivity contribution in [1.29, 1.82) is 0 Å². The molecule has 0 aliphatic carbocycles. The van der Waals surface area contributed by atoms with Gasteiger partial charge in [0.25, 0.3) is 0 Å². The molecule has 0 atom stereocenters. The molecule has 5 heteroatoms. The fourth-order valence-corrected chi connectivity index (χ4v) is 14.7. The van der Waals surface area contributed by atoms with Crippen LogP contribution in [0.2, 0.25) is 0 Å². The van der Waals surface area contributed by atoms with Crippen LogP contribution in [0.1, 0.15) is 192 Å². The van der Waals surface area contributed by atoms with Gasteiger partial charge in [-0.05, 0) is 0 Å². The van der Waals surface area contributed by atoms with Gasteiger partial charge in [-0.25, -0.2) is 0 Å². The summed E-state index contributed by atoms with van der Waals surface area (Å²) < 4.78 is 22.1. The molecular formula is C46H82BO3P. The van der Waals surface area contributed by atoms with Crippen LogP contribution in [0.4, 0.5) is 0 Å². The fourth-order valence-electron chi connectivity index (χ4n) is 7.86. The van der Waals surface area contributed by atoms with Gasteiger partial charge in [0.05, 0.1) is 0 Å². The minimum absolute atomic E-state index is 0.762. The zero-order valence-electron chi connectivity index (χ0n) is 35.1. The van der Waals surface area contributed by atoms with Gasteiger partial charge in [0.15, 0.2) is 0 Å². The molecule has 2 aromatic rings. The van der Waals surface area contributed by atoms with E-state index < -0.39 is 14.2 Å². The number of rotatable bonds is 32. The summed E-state index contributed by atoms with van der Waals surface area (Å²) in [5.74, 6) is 1.88. The van der Waals surface area contributed by atoms with E-state index in [1.807, 2.05) is 0 Å². The van der Waals surface area contributed by atoms with Gasteiger partial charge in [-0.3, -0.25) is 0 Å². The number of aryl methyl sites for hydroxylation is 4. The van der Waals surface area contributed by atoms with E-state index in [0.717, 1.165) is 24.3 Å². The number of benzene rings is 2. The van der Waals surface area contributed by atoms with Crippen molar-refractivity contribution in [3.63, 3.8) is 0 Å². The summed E-state index contributed by atoms with van der Waals surface area (Å²) in [4.78, 5) is 0. The first-order chi connectivity index (χ1) is 24.8. The summed E-state index contributed by atoms with van der Waals surface area (Å²) in [6.45, 7) is 15.7. The van der Waals surface area contributed by atoms with Gasteiger partial charge >= 0.3 is 306 Å². The second-order valence-electron chi connectivity index (χ2n) is 16.1.